The van der Waals surface area contributed by atoms with Gasteiger partial charge in [0.1, 0.15) is 5.82 Å². The molecule has 0 heterocycles. The number of halogens is 1. The molecule has 0 radical (unpaired) electrons. The van der Waals surface area contributed by atoms with Crippen LogP contribution in [-0.4, -0.2) is 6.54 Å². The van der Waals surface area contributed by atoms with Crippen molar-refractivity contribution in [3.63, 3.8) is 0 Å². The zero-order valence-electron chi connectivity index (χ0n) is 11.1. The van der Waals surface area contributed by atoms with Gasteiger partial charge in [-0.3, -0.25) is 0 Å². The second-order valence-corrected chi connectivity index (χ2v) is 4.54. The van der Waals surface area contributed by atoms with Crippen LogP contribution >= 0.6 is 0 Å². The van der Waals surface area contributed by atoms with Crippen molar-refractivity contribution in [2.45, 2.75) is 25.8 Å². The van der Waals surface area contributed by atoms with Crippen LogP contribution in [0, 0.1) is 18.2 Å². The zero-order valence-corrected chi connectivity index (χ0v) is 11.1. The fraction of sp³-hybridized carbons (Fsp3) is 0.294. The van der Waals surface area contributed by atoms with Crippen molar-refractivity contribution in [1.29, 1.82) is 0 Å². The maximum absolute atomic E-state index is 13.8. The second-order valence-electron chi connectivity index (χ2n) is 4.54. The van der Waals surface area contributed by atoms with Gasteiger partial charge in [-0.05, 0) is 30.0 Å². The SMILES string of the molecule is C#CCCC(NCC)c1ccc(F)c2ccccc12. The molecule has 0 aliphatic carbocycles. The van der Waals surface area contributed by atoms with Crippen molar-refractivity contribution in [1.82, 2.24) is 5.32 Å². The van der Waals surface area contributed by atoms with Gasteiger partial charge in [0.25, 0.3) is 0 Å². The van der Waals surface area contributed by atoms with Crippen LogP contribution in [0.15, 0.2) is 36.4 Å². The van der Waals surface area contributed by atoms with Crippen LogP contribution in [0.25, 0.3) is 10.8 Å². The van der Waals surface area contributed by atoms with Crippen LogP contribution < -0.4 is 5.32 Å². The highest BCUT2D eigenvalue weighted by Gasteiger charge is 2.14. The van der Waals surface area contributed by atoms with Crippen LogP contribution in [0.5, 0.6) is 0 Å². The molecule has 2 heteroatoms. The van der Waals surface area contributed by atoms with Gasteiger partial charge in [0.15, 0.2) is 0 Å². The highest BCUT2D eigenvalue weighted by Crippen LogP contribution is 2.28. The lowest BCUT2D eigenvalue weighted by molar-refractivity contribution is 0.525. The number of hydrogen-bond acceptors (Lipinski definition) is 1. The summed E-state index contributed by atoms with van der Waals surface area (Å²) in [7, 11) is 0. The molecular formula is C17H18FN. The predicted octanol–water partition coefficient (Wildman–Crippen LogP) is 4.04. The van der Waals surface area contributed by atoms with E-state index in [4.69, 9.17) is 6.42 Å². The van der Waals surface area contributed by atoms with E-state index in [-0.39, 0.29) is 11.9 Å². The van der Waals surface area contributed by atoms with Gasteiger partial charge in [-0.1, -0.05) is 37.3 Å². The minimum Gasteiger partial charge on any atom is -0.310 e. The summed E-state index contributed by atoms with van der Waals surface area (Å²) in [5.74, 6) is 2.50. The summed E-state index contributed by atoms with van der Waals surface area (Å²) in [4.78, 5) is 0. The predicted molar refractivity (Wildman–Crippen MR) is 78.4 cm³/mol. The third-order valence-electron chi connectivity index (χ3n) is 3.31. The second kappa shape index (κ2) is 6.36. The van der Waals surface area contributed by atoms with Crippen LogP contribution in [0.2, 0.25) is 0 Å². The molecular weight excluding hydrogens is 237 g/mol. The average Bonchev–Trinajstić information content (AvgIpc) is 2.45. The fourth-order valence-corrected chi connectivity index (χ4v) is 2.43. The third-order valence-corrected chi connectivity index (χ3v) is 3.31. The van der Waals surface area contributed by atoms with Crippen molar-refractivity contribution < 1.29 is 4.39 Å². The molecule has 19 heavy (non-hydrogen) atoms. The van der Waals surface area contributed by atoms with Crippen LogP contribution in [0.4, 0.5) is 4.39 Å². The van der Waals surface area contributed by atoms with Crippen LogP contribution in [-0.2, 0) is 0 Å². The molecule has 1 N–H and O–H groups in total. The fourth-order valence-electron chi connectivity index (χ4n) is 2.43. The van der Waals surface area contributed by atoms with E-state index in [1.807, 2.05) is 30.3 Å². The summed E-state index contributed by atoms with van der Waals surface area (Å²) in [5, 5.41) is 5.06. The zero-order chi connectivity index (χ0) is 13.7. The molecule has 0 bridgehead atoms. The number of fused-ring (bicyclic) bond motifs is 1. The minimum atomic E-state index is -0.174. The van der Waals surface area contributed by atoms with Crippen molar-refractivity contribution in [3.8, 4) is 12.3 Å². The van der Waals surface area contributed by atoms with Gasteiger partial charge in [0, 0.05) is 17.8 Å². The summed E-state index contributed by atoms with van der Waals surface area (Å²) >= 11 is 0. The lowest BCUT2D eigenvalue weighted by atomic mass is 9.95. The van der Waals surface area contributed by atoms with E-state index in [9.17, 15) is 4.39 Å². The quantitative estimate of drug-likeness (QED) is 0.795. The van der Waals surface area contributed by atoms with E-state index < -0.39 is 0 Å². The van der Waals surface area contributed by atoms with E-state index in [0.717, 1.165) is 23.9 Å². The summed E-state index contributed by atoms with van der Waals surface area (Å²) in [6.45, 7) is 2.93. The number of nitrogens with one attached hydrogen (secondary N) is 1. The molecule has 2 aromatic rings. The van der Waals surface area contributed by atoms with Crippen molar-refractivity contribution in [3.05, 3.63) is 47.8 Å². The van der Waals surface area contributed by atoms with Crippen LogP contribution in [0.3, 0.4) is 0 Å². The van der Waals surface area contributed by atoms with Gasteiger partial charge in [-0.25, -0.2) is 4.39 Å². The Morgan fingerprint density at radius 2 is 1.95 bits per heavy atom. The van der Waals surface area contributed by atoms with Gasteiger partial charge in [-0.15, -0.1) is 12.3 Å². The molecule has 1 atom stereocenters. The smallest absolute Gasteiger partial charge is 0.131 e. The van der Waals surface area contributed by atoms with Crippen molar-refractivity contribution >= 4 is 10.8 Å². The van der Waals surface area contributed by atoms with Crippen LogP contribution in [0.1, 0.15) is 31.4 Å². The van der Waals surface area contributed by atoms with E-state index >= 15 is 0 Å². The van der Waals surface area contributed by atoms with Gasteiger partial charge in [-0.2, -0.15) is 0 Å². The monoisotopic (exact) mass is 255 g/mol. The molecule has 1 unspecified atom stereocenters. The van der Waals surface area contributed by atoms with E-state index in [0.29, 0.717) is 11.8 Å². The Labute approximate surface area is 113 Å². The maximum atomic E-state index is 13.8. The molecule has 0 amide bonds. The van der Waals surface area contributed by atoms with Gasteiger partial charge < -0.3 is 5.32 Å². The molecule has 0 spiro atoms. The first-order valence-corrected chi connectivity index (χ1v) is 6.62. The Balaban J connectivity index is 2.47. The first-order chi connectivity index (χ1) is 9.27. The highest BCUT2D eigenvalue weighted by atomic mass is 19.1. The molecule has 0 fully saturated rings. The molecule has 0 aliphatic heterocycles. The lowest BCUT2D eigenvalue weighted by Crippen LogP contribution is -2.21. The molecule has 0 saturated heterocycles. The average molecular weight is 255 g/mol. The molecule has 2 aromatic carbocycles. The van der Waals surface area contributed by atoms with Crippen molar-refractivity contribution in [2.75, 3.05) is 6.54 Å². The molecule has 0 aromatic heterocycles. The summed E-state index contributed by atoms with van der Waals surface area (Å²) in [6, 6.07) is 11.2. The van der Waals surface area contributed by atoms with E-state index in [2.05, 4.69) is 18.2 Å². The van der Waals surface area contributed by atoms with Gasteiger partial charge in [0.05, 0.1) is 0 Å². The third kappa shape index (κ3) is 2.94. The van der Waals surface area contributed by atoms with E-state index in [1.54, 1.807) is 0 Å². The molecule has 2 rings (SSSR count). The maximum Gasteiger partial charge on any atom is 0.131 e. The lowest BCUT2D eigenvalue weighted by Gasteiger charge is -2.19. The molecule has 0 saturated carbocycles. The topological polar surface area (TPSA) is 12.0 Å². The summed E-state index contributed by atoms with van der Waals surface area (Å²) in [6.07, 6.45) is 6.92. The number of rotatable bonds is 5. The van der Waals surface area contributed by atoms with E-state index in [1.165, 1.54) is 6.07 Å². The Morgan fingerprint density at radius 3 is 2.63 bits per heavy atom. The molecule has 98 valence electrons. The Morgan fingerprint density at radius 1 is 1.21 bits per heavy atom. The highest BCUT2D eigenvalue weighted by molar-refractivity contribution is 5.86. The van der Waals surface area contributed by atoms with Gasteiger partial charge in [0.2, 0.25) is 0 Å². The van der Waals surface area contributed by atoms with Gasteiger partial charge >= 0.3 is 0 Å². The summed E-state index contributed by atoms with van der Waals surface area (Å²) < 4.78 is 13.8. The largest absolute Gasteiger partial charge is 0.310 e. The Kier molecular flexibility index (Phi) is 4.54. The first-order valence-electron chi connectivity index (χ1n) is 6.62. The summed E-state index contributed by atoms with van der Waals surface area (Å²) in [5.41, 5.74) is 1.12. The standard InChI is InChI=1S/C17H18FN/c1-3-5-10-17(19-4-2)15-11-12-16(18)14-9-7-6-8-13(14)15/h1,6-9,11-12,17,19H,4-5,10H2,2H3. The molecule has 1 nitrogen and oxygen atoms in total. The Hall–Kier alpha value is -1.85. The first kappa shape index (κ1) is 13.6. The normalized spacial score (nSPS) is 12.3. The van der Waals surface area contributed by atoms with Crippen molar-refractivity contribution in [2.24, 2.45) is 0 Å². The number of hydrogen-bond donors (Lipinski definition) is 1. The molecule has 0 aliphatic rings. The number of benzene rings is 2. The number of terminal acetylenes is 1. The minimum absolute atomic E-state index is 0.173. The Bertz CT molecular complexity index is 598.